The number of hydrogen-bond donors (Lipinski definition) is 1. The molecule has 1 unspecified atom stereocenters. The molecule has 3 rings (SSSR count). The third kappa shape index (κ3) is 1.88. The zero-order chi connectivity index (χ0) is 12.7. The van der Waals surface area contributed by atoms with Crippen molar-refractivity contribution in [2.75, 3.05) is 6.54 Å². The average Bonchev–Trinajstić information content (AvgIpc) is 2.91. The Bertz CT molecular complexity index is 586. The molecule has 0 spiro atoms. The number of rotatable bonds is 2. The van der Waals surface area contributed by atoms with Crippen molar-refractivity contribution in [2.24, 2.45) is 5.73 Å². The minimum absolute atomic E-state index is 0.482. The van der Waals surface area contributed by atoms with Gasteiger partial charge in [-0.3, -0.25) is 0 Å². The monoisotopic (exact) mass is 258 g/mol. The smallest absolute Gasteiger partial charge is 0.124 e. The zero-order valence-corrected chi connectivity index (χ0v) is 11.7. The molecular formula is C15H18N2S. The van der Waals surface area contributed by atoms with Gasteiger partial charge in [-0.15, -0.1) is 11.3 Å². The van der Waals surface area contributed by atoms with E-state index >= 15 is 0 Å². The first kappa shape index (κ1) is 11.9. The first-order valence-corrected chi connectivity index (χ1v) is 7.28. The third-order valence-electron chi connectivity index (χ3n) is 3.74. The summed E-state index contributed by atoms with van der Waals surface area (Å²) in [5, 5.41) is 1.17. The highest BCUT2D eigenvalue weighted by atomic mass is 32.1. The number of aryl methyl sites for hydroxylation is 3. The summed E-state index contributed by atoms with van der Waals surface area (Å²) in [6.45, 7) is 5.01. The second-order valence-corrected chi connectivity index (χ2v) is 6.20. The Morgan fingerprint density at radius 3 is 3.00 bits per heavy atom. The highest BCUT2D eigenvalue weighted by Crippen LogP contribution is 2.39. The number of benzene rings is 1. The second kappa shape index (κ2) is 4.48. The Morgan fingerprint density at radius 2 is 2.22 bits per heavy atom. The quantitative estimate of drug-likeness (QED) is 0.896. The molecule has 0 radical (unpaired) electrons. The van der Waals surface area contributed by atoms with Crippen molar-refractivity contribution in [3.05, 3.63) is 39.9 Å². The largest absolute Gasteiger partial charge is 0.330 e. The molecule has 1 heterocycles. The maximum Gasteiger partial charge on any atom is 0.124 e. The van der Waals surface area contributed by atoms with Gasteiger partial charge < -0.3 is 5.73 Å². The number of fused-ring (bicyclic) bond motifs is 1. The van der Waals surface area contributed by atoms with Crippen molar-refractivity contribution >= 4 is 11.3 Å². The van der Waals surface area contributed by atoms with Crippen molar-refractivity contribution in [3.8, 4) is 10.6 Å². The Hall–Kier alpha value is -1.19. The van der Waals surface area contributed by atoms with E-state index in [0.29, 0.717) is 5.92 Å². The van der Waals surface area contributed by atoms with E-state index in [1.807, 2.05) is 11.3 Å². The minimum Gasteiger partial charge on any atom is -0.330 e. The topological polar surface area (TPSA) is 38.9 Å². The maximum atomic E-state index is 5.82. The molecule has 0 amide bonds. The van der Waals surface area contributed by atoms with Crippen molar-refractivity contribution in [2.45, 2.75) is 32.6 Å². The third-order valence-corrected chi connectivity index (χ3v) is 4.91. The van der Waals surface area contributed by atoms with Crippen LogP contribution < -0.4 is 5.73 Å². The van der Waals surface area contributed by atoms with Crippen LogP contribution in [0.25, 0.3) is 10.6 Å². The molecule has 1 aromatic heterocycles. The molecule has 1 aliphatic carbocycles. The van der Waals surface area contributed by atoms with Crippen LogP contribution in [0.2, 0.25) is 0 Å². The van der Waals surface area contributed by atoms with Crippen LogP contribution in [0.5, 0.6) is 0 Å². The molecule has 0 aliphatic heterocycles. The fourth-order valence-corrected chi connectivity index (χ4v) is 3.86. The molecule has 94 valence electrons. The molecule has 2 nitrogen and oxygen atoms in total. The number of nitrogens with zero attached hydrogens (tertiary/aromatic N) is 1. The van der Waals surface area contributed by atoms with Crippen LogP contribution in [0.4, 0.5) is 0 Å². The van der Waals surface area contributed by atoms with Crippen LogP contribution in [0.15, 0.2) is 18.2 Å². The zero-order valence-electron chi connectivity index (χ0n) is 10.9. The molecule has 1 atom stereocenters. The molecule has 2 aromatic rings. The van der Waals surface area contributed by atoms with Crippen LogP contribution in [0, 0.1) is 13.8 Å². The fraction of sp³-hybridized carbons (Fsp3) is 0.400. The van der Waals surface area contributed by atoms with Crippen LogP contribution in [0.1, 0.15) is 34.0 Å². The lowest BCUT2D eigenvalue weighted by Gasteiger charge is -2.06. The summed E-state index contributed by atoms with van der Waals surface area (Å²) in [7, 11) is 0. The van der Waals surface area contributed by atoms with E-state index in [1.165, 1.54) is 38.7 Å². The van der Waals surface area contributed by atoms with Gasteiger partial charge in [0, 0.05) is 22.9 Å². The van der Waals surface area contributed by atoms with Gasteiger partial charge in [0.1, 0.15) is 5.01 Å². The van der Waals surface area contributed by atoms with Gasteiger partial charge in [-0.25, -0.2) is 4.98 Å². The van der Waals surface area contributed by atoms with Crippen molar-refractivity contribution in [1.82, 2.24) is 4.98 Å². The molecule has 0 fully saturated rings. The molecular weight excluding hydrogens is 240 g/mol. The molecule has 18 heavy (non-hydrogen) atoms. The van der Waals surface area contributed by atoms with Gasteiger partial charge in [-0.05, 0) is 38.3 Å². The van der Waals surface area contributed by atoms with Crippen LogP contribution in [-0.2, 0) is 6.42 Å². The SMILES string of the molecule is Cc1ccc(C)c(-c2nc3c(s2)CCC3CN)c1. The predicted molar refractivity (Wildman–Crippen MR) is 77.1 cm³/mol. The van der Waals surface area contributed by atoms with E-state index in [9.17, 15) is 0 Å². The van der Waals surface area contributed by atoms with E-state index in [0.717, 1.165) is 13.0 Å². The van der Waals surface area contributed by atoms with E-state index < -0.39 is 0 Å². The summed E-state index contributed by atoms with van der Waals surface area (Å²) in [4.78, 5) is 6.30. The molecule has 1 aliphatic rings. The number of nitrogens with two attached hydrogens (primary N) is 1. The first-order chi connectivity index (χ1) is 8.69. The maximum absolute atomic E-state index is 5.82. The van der Waals surface area contributed by atoms with Gasteiger partial charge in [0.25, 0.3) is 0 Å². The number of hydrogen-bond acceptors (Lipinski definition) is 3. The van der Waals surface area contributed by atoms with E-state index in [-0.39, 0.29) is 0 Å². The second-order valence-electron chi connectivity index (χ2n) is 5.12. The van der Waals surface area contributed by atoms with Crippen LogP contribution in [0.3, 0.4) is 0 Å². The number of thiazole rings is 1. The summed E-state index contributed by atoms with van der Waals surface area (Å²) in [5.74, 6) is 0.482. The van der Waals surface area contributed by atoms with Gasteiger partial charge in [0.05, 0.1) is 5.69 Å². The molecule has 0 bridgehead atoms. The lowest BCUT2D eigenvalue weighted by atomic mass is 10.1. The van der Waals surface area contributed by atoms with Crippen LogP contribution >= 0.6 is 11.3 Å². The van der Waals surface area contributed by atoms with E-state index in [4.69, 9.17) is 10.7 Å². The van der Waals surface area contributed by atoms with Crippen molar-refractivity contribution in [1.29, 1.82) is 0 Å². The van der Waals surface area contributed by atoms with Gasteiger partial charge in [0.15, 0.2) is 0 Å². The van der Waals surface area contributed by atoms with Gasteiger partial charge >= 0.3 is 0 Å². The highest BCUT2D eigenvalue weighted by Gasteiger charge is 2.26. The average molecular weight is 258 g/mol. The molecule has 2 N–H and O–H groups in total. The van der Waals surface area contributed by atoms with Crippen LogP contribution in [-0.4, -0.2) is 11.5 Å². The summed E-state index contributed by atoms with van der Waals surface area (Å²) in [6, 6.07) is 6.57. The lowest BCUT2D eigenvalue weighted by molar-refractivity contribution is 0.675. The van der Waals surface area contributed by atoms with E-state index in [1.54, 1.807) is 0 Å². The summed E-state index contributed by atoms with van der Waals surface area (Å²) >= 11 is 1.85. The van der Waals surface area contributed by atoms with Gasteiger partial charge in [-0.1, -0.05) is 17.7 Å². The Morgan fingerprint density at radius 1 is 1.39 bits per heavy atom. The predicted octanol–water partition coefficient (Wildman–Crippen LogP) is 3.42. The Kier molecular flexibility index (Phi) is 2.96. The number of aromatic nitrogens is 1. The highest BCUT2D eigenvalue weighted by molar-refractivity contribution is 7.15. The standard InChI is InChI=1S/C15H18N2S/c1-9-3-4-10(2)12(7-9)15-17-14-11(8-16)5-6-13(14)18-15/h3-4,7,11H,5-6,8,16H2,1-2H3. The normalized spacial score (nSPS) is 18.1. The molecule has 0 saturated heterocycles. The van der Waals surface area contributed by atoms with Crippen molar-refractivity contribution < 1.29 is 0 Å². The van der Waals surface area contributed by atoms with E-state index in [2.05, 4.69) is 32.0 Å². The fourth-order valence-electron chi connectivity index (χ4n) is 2.61. The first-order valence-electron chi connectivity index (χ1n) is 6.46. The Labute approximate surface area is 112 Å². The summed E-state index contributed by atoms with van der Waals surface area (Å²) in [5.41, 5.74) is 11.0. The van der Waals surface area contributed by atoms with Gasteiger partial charge in [-0.2, -0.15) is 0 Å². The summed E-state index contributed by atoms with van der Waals surface area (Å²) < 4.78 is 0. The lowest BCUT2D eigenvalue weighted by Crippen LogP contribution is -2.09. The minimum atomic E-state index is 0.482. The Balaban J connectivity index is 2.06. The van der Waals surface area contributed by atoms with Crippen molar-refractivity contribution in [3.63, 3.8) is 0 Å². The molecule has 1 aromatic carbocycles. The van der Waals surface area contributed by atoms with Gasteiger partial charge in [0.2, 0.25) is 0 Å². The summed E-state index contributed by atoms with van der Waals surface area (Å²) in [6.07, 6.45) is 2.33. The molecule has 0 saturated carbocycles. The molecule has 3 heteroatoms.